The molecule has 0 aliphatic carbocycles. The topological polar surface area (TPSA) is 35.0 Å². The zero-order chi connectivity index (χ0) is 14.4. The highest BCUT2D eigenvalue weighted by atomic mass is 32.1. The molecule has 0 saturated heterocycles. The Morgan fingerprint density at radius 3 is 1.71 bits per heavy atom. The predicted octanol–water partition coefficient (Wildman–Crippen LogP) is 5.32. The highest BCUT2D eigenvalue weighted by molar-refractivity contribution is 7.18. The molecule has 104 valence electrons. The number of fused-ring (bicyclic) bond motifs is 2. The van der Waals surface area contributed by atoms with Crippen molar-refractivity contribution in [3.8, 4) is 11.5 Å². The summed E-state index contributed by atoms with van der Waals surface area (Å²) >= 11 is 3.39. The first-order chi connectivity index (χ1) is 10.2. The minimum Gasteiger partial charge on any atom is -0.457 e. The Morgan fingerprint density at radius 1 is 0.762 bits per heavy atom. The van der Waals surface area contributed by atoms with Crippen LogP contribution >= 0.6 is 22.7 Å². The molecule has 21 heavy (non-hydrogen) atoms. The van der Waals surface area contributed by atoms with Crippen molar-refractivity contribution in [1.29, 1.82) is 0 Å². The zero-order valence-corrected chi connectivity index (χ0v) is 13.2. The smallest absolute Gasteiger partial charge is 0.129 e. The SMILES string of the molecule is Cc1nc2cc(Oc3ccc4sc(C)nc4c3)ccc2s1. The molecule has 2 heterocycles. The van der Waals surface area contributed by atoms with Crippen molar-refractivity contribution in [3.05, 3.63) is 46.4 Å². The number of ether oxygens (including phenoxy) is 1. The molecule has 5 heteroatoms. The van der Waals surface area contributed by atoms with E-state index in [4.69, 9.17) is 4.74 Å². The molecule has 0 fully saturated rings. The first kappa shape index (κ1) is 12.7. The highest BCUT2D eigenvalue weighted by Gasteiger charge is 2.06. The predicted molar refractivity (Wildman–Crippen MR) is 88.8 cm³/mol. The first-order valence-corrected chi connectivity index (χ1v) is 8.23. The number of nitrogens with zero attached hydrogens (tertiary/aromatic N) is 2. The number of rotatable bonds is 2. The molecule has 0 amide bonds. The second-order valence-electron chi connectivity index (χ2n) is 4.83. The van der Waals surface area contributed by atoms with Crippen LogP contribution in [0.5, 0.6) is 11.5 Å². The number of aryl methyl sites for hydroxylation is 2. The fraction of sp³-hybridized carbons (Fsp3) is 0.125. The van der Waals surface area contributed by atoms with Crippen molar-refractivity contribution in [2.75, 3.05) is 0 Å². The van der Waals surface area contributed by atoms with E-state index in [1.165, 1.54) is 9.40 Å². The van der Waals surface area contributed by atoms with Crippen molar-refractivity contribution in [2.24, 2.45) is 0 Å². The molecule has 0 N–H and O–H groups in total. The second-order valence-corrected chi connectivity index (χ2v) is 7.30. The molecule has 0 unspecified atom stereocenters. The van der Waals surface area contributed by atoms with Gasteiger partial charge in [-0.2, -0.15) is 0 Å². The van der Waals surface area contributed by atoms with Gasteiger partial charge >= 0.3 is 0 Å². The summed E-state index contributed by atoms with van der Waals surface area (Å²) in [5.41, 5.74) is 1.97. The average Bonchev–Trinajstić information content (AvgIpc) is 2.98. The third-order valence-corrected chi connectivity index (χ3v) is 5.07. The van der Waals surface area contributed by atoms with E-state index in [-0.39, 0.29) is 0 Å². The van der Waals surface area contributed by atoms with Gasteiger partial charge in [-0.3, -0.25) is 0 Å². The van der Waals surface area contributed by atoms with Gasteiger partial charge in [-0.25, -0.2) is 9.97 Å². The van der Waals surface area contributed by atoms with Gasteiger partial charge in [-0.1, -0.05) is 0 Å². The normalized spacial score (nSPS) is 11.3. The van der Waals surface area contributed by atoms with E-state index in [9.17, 15) is 0 Å². The Kier molecular flexibility index (Phi) is 2.90. The number of hydrogen-bond donors (Lipinski definition) is 0. The Hall–Kier alpha value is -1.98. The summed E-state index contributed by atoms with van der Waals surface area (Å²) in [5, 5.41) is 2.14. The third-order valence-electron chi connectivity index (χ3n) is 3.17. The molecule has 0 bridgehead atoms. The van der Waals surface area contributed by atoms with E-state index in [0.29, 0.717) is 0 Å². The summed E-state index contributed by atoms with van der Waals surface area (Å²) < 4.78 is 8.31. The van der Waals surface area contributed by atoms with E-state index < -0.39 is 0 Å². The molecular weight excluding hydrogens is 300 g/mol. The number of thiazole rings is 2. The van der Waals surface area contributed by atoms with Crippen LogP contribution in [0.3, 0.4) is 0 Å². The van der Waals surface area contributed by atoms with E-state index in [0.717, 1.165) is 32.5 Å². The number of aromatic nitrogens is 2. The van der Waals surface area contributed by atoms with Crippen LogP contribution in [0.4, 0.5) is 0 Å². The number of benzene rings is 2. The lowest BCUT2D eigenvalue weighted by molar-refractivity contribution is 0.484. The second kappa shape index (κ2) is 4.79. The van der Waals surface area contributed by atoms with E-state index >= 15 is 0 Å². The fourth-order valence-corrected chi connectivity index (χ4v) is 3.92. The van der Waals surface area contributed by atoms with Crippen molar-refractivity contribution in [1.82, 2.24) is 9.97 Å². The molecule has 0 aliphatic heterocycles. The van der Waals surface area contributed by atoms with Crippen molar-refractivity contribution in [3.63, 3.8) is 0 Å². The van der Waals surface area contributed by atoms with Crippen molar-refractivity contribution >= 4 is 43.1 Å². The standard InChI is InChI=1S/C16H12N2OS2/c1-9-17-13-7-11(3-5-15(13)20-9)19-12-4-6-16-14(8-12)18-10(2)21-16/h3-8H,1-2H3. The Labute approximate surface area is 129 Å². The molecule has 2 aromatic heterocycles. The Balaban J connectivity index is 1.70. The third kappa shape index (κ3) is 2.39. The molecule has 2 aromatic carbocycles. The molecular formula is C16H12N2OS2. The Bertz CT molecular complexity index is 877. The van der Waals surface area contributed by atoms with Crippen LogP contribution < -0.4 is 4.74 Å². The fourth-order valence-electron chi connectivity index (χ4n) is 2.31. The molecule has 0 saturated carbocycles. The largest absolute Gasteiger partial charge is 0.457 e. The minimum atomic E-state index is 0.805. The molecule has 0 radical (unpaired) electrons. The minimum absolute atomic E-state index is 0.805. The molecule has 3 nitrogen and oxygen atoms in total. The molecule has 4 rings (SSSR count). The summed E-state index contributed by atoms with van der Waals surface area (Å²) in [4.78, 5) is 8.99. The van der Waals surface area contributed by atoms with Gasteiger partial charge in [0.2, 0.25) is 0 Å². The van der Waals surface area contributed by atoms with Crippen LogP contribution in [0, 0.1) is 13.8 Å². The van der Waals surface area contributed by atoms with E-state index in [1.54, 1.807) is 22.7 Å². The average molecular weight is 312 g/mol. The Morgan fingerprint density at radius 2 is 1.24 bits per heavy atom. The van der Waals surface area contributed by atoms with Crippen LogP contribution in [0.2, 0.25) is 0 Å². The quantitative estimate of drug-likeness (QED) is 0.503. The van der Waals surface area contributed by atoms with Gasteiger partial charge in [0.05, 0.1) is 30.4 Å². The molecule has 0 atom stereocenters. The maximum Gasteiger partial charge on any atom is 0.129 e. The zero-order valence-electron chi connectivity index (χ0n) is 11.6. The van der Waals surface area contributed by atoms with Gasteiger partial charge in [0, 0.05) is 12.1 Å². The van der Waals surface area contributed by atoms with Gasteiger partial charge in [0.1, 0.15) is 11.5 Å². The van der Waals surface area contributed by atoms with Crippen LogP contribution in [-0.2, 0) is 0 Å². The number of hydrogen-bond acceptors (Lipinski definition) is 5. The van der Waals surface area contributed by atoms with Gasteiger partial charge in [0.25, 0.3) is 0 Å². The summed E-state index contributed by atoms with van der Waals surface area (Å²) in [6.07, 6.45) is 0. The van der Waals surface area contributed by atoms with Crippen LogP contribution in [-0.4, -0.2) is 9.97 Å². The van der Waals surface area contributed by atoms with E-state index in [2.05, 4.69) is 22.1 Å². The van der Waals surface area contributed by atoms with E-state index in [1.807, 2.05) is 38.1 Å². The van der Waals surface area contributed by atoms with Gasteiger partial charge < -0.3 is 4.74 Å². The molecule has 0 spiro atoms. The lowest BCUT2D eigenvalue weighted by Gasteiger charge is -2.05. The van der Waals surface area contributed by atoms with Gasteiger partial charge in [-0.15, -0.1) is 22.7 Å². The summed E-state index contributed by atoms with van der Waals surface area (Å²) in [6, 6.07) is 12.0. The summed E-state index contributed by atoms with van der Waals surface area (Å²) in [5.74, 6) is 1.61. The van der Waals surface area contributed by atoms with Gasteiger partial charge in [0.15, 0.2) is 0 Å². The summed E-state index contributed by atoms with van der Waals surface area (Å²) in [6.45, 7) is 4.04. The van der Waals surface area contributed by atoms with Gasteiger partial charge in [-0.05, 0) is 38.1 Å². The first-order valence-electron chi connectivity index (χ1n) is 6.60. The lowest BCUT2D eigenvalue weighted by Crippen LogP contribution is -1.84. The van der Waals surface area contributed by atoms with Crippen LogP contribution in [0.1, 0.15) is 10.0 Å². The van der Waals surface area contributed by atoms with Crippen LogP contribution in [0.25, 0.3) is 20.4 Å². The lowest BCUT2D eigenvalue weighted by atomic mass is 10.3. The summed E-state index contributed by atoms with van der Waals surface area (Å²) in [7, 11) is 0. The maximum atomic E-state index is 5.94. The highest BCUT2D eigenvalue weighted by Crippen LogP contribution is 2.31. The molecule has 4 aromatic rings. The molecule has 0 aliphatic rings. The van der Waals surface area contributed by atoms with Crippen LogP contribution in [0.15, 0.2) is 36.4 Å². The van der Waals surface area contributed by atoms with Crippen molar-refractivity contribution < 1.29 is 4.74 Å². The monoisotopic (exact) mass is 312 g/mol. The van der Waals surface area contributed by atoms with Crippen molar-refractivity contribution in [2.45, 2.75) is 13.8 Å². The maximum absolute atomic E-state index is 5.94.